The third-order valence-electron chi connectivity index (χ3n) is 6.71. The number of nitrogens with zero attached hydrogens (tertiary/aromatic N) is 2. The van der Waals surface area contributed by atoms with Crippen molar-refractivity contribution in [3.8, 4) is 11.5 Å². The fraction of sp³-hybridized carbons (Fsp3) is 0.345. The van der Waals surface area contributed by atoms with E-state index >= 15 is 0 Å². The van der Waals surface area contributed by atoms with E-state index in [1.165, 1.54) is 35.7 Å². The van der Waals surface area contributed by atoms with E-state index in [0.717, 1.165) is 29.1 Å². The average molecular weight is 602 g/mol. The highest BCUT2D eigenvalue weighted by molar-refractivity contribution is 7.92. The van der Waals surface area contributed by atoms with Gasteiger partial charge < -0.3 is 14.8 Å². The lowest BCUT2D eigenvalue weighted by atomic mass is 10.2. The topological polar surface area (TPSA) is 122 Å². The molecule has 3 aromatic rings. The molecule has 1 fully saturated rings. The lowest BCUT2D eigenvalue weighted by Gasteiger charge is -2.25. The van der Waals surface area contributed by atoms with Crippen LogP contribution in [0, 0.1) is 6.92 Å². The number of aryl methyl sites for hydroxylation is 1. The minimum Gasteiger partial charge on any atom is -0.497 e. The molecule has 0 aromatic heterocycles. The van der Waals surface area contributed by atoms with Crippen LogP contribution < -0.4 is 19.1 Å². The second kappa shape index (κ2) is 13.4. The Balaban J connectivity index is 1.37. The summed E-state index contributed by atoms with van der Waals surface area (Å²) in [7, 11) is -6.11. The van der Waals surface area contributed by atoms with E-state index in [1.807, 2.05) is 6.92 Å². The molecule has 3 aromatic carbocycles. The van der Waals surface area contributed by atoms with Crippen molar-refractivity contribution in [2.75, 3.05) is 44.2 Å². The number of hydrogen-bond donors (Lipinski definition) is 1. The van der Waals surface area contributed by atoms with Crippen LogP contribution in [0.25, 0.3) is 0 Å². The summed E-state index contributed by atoms with van der Waals surface area (Å²) in [5, 5.41) is 2.69. The van der Waals surface area contributed by atoms with Gasteiger partial charge in [-0.3, -0.25) is 9.10 Å². The van der Waals surface area contributed by atoms with Crippen molar-refractivity contribution in [3.63, 3.8) is 0 Å². The first-order valence-electron chi connectivity index (χ1n) is 13.3. The summed E-state index contributed by atoms with van der Waals surface area (Å²) in [6, 6.07) is 19.1. The Kier molecular flexibility index (Phi) is 9.90. The largest absolute Gasteiger partial charge is 0.497 e. The molecule has 1 aliphatic rings. The Morgan fingerprint density at radius 1 is 0.878 bits per heavy atom. The fourth-order valence-corrected chi connectivity index (χ4v) is 7.36. The van der Waals surface area contributed by atoms with Crippen LogP contribution in [0.2, 0.25) is 0 Å². The number of piperidine rings is 1. The van der Waals surface area contributed by atoms with Crippen LogP contribution in [-0.4, -0.2) is 66.9 Å². The van der Waals surface area contributed by atoms with Crippen molar-refractivity contribution < 1.29 is 31.1 Å². The highest BCUT2D eigenvalue weighted by Crippen LogP contribution is 2.27. The number of carbonyl (C=O) groups is 1. The molecule has 0 spiro atoms. The van der Waals surface area contributed by atoms with Crippen molar-refractivity contribution in [2.24, 2.45) is 0 Å². The molecule has 1 heterocycles. The summed E-state index contributed by atoms with van der Waals surface area (Å²) >= 11 is 0. The average Bonchev–Trinajstić information content (AvgIpc) is 2.99. The van der Waals surface area contributed by atoms with Crippen molar-refractivity contribution in [1.82, 2.24) is 9.62 Å². The van der Waals surface area contributed by atoms with E-state index in [9.17, 15) is 21.6 Å². The molecular formula is C29H35N3O7S2. The maximum Gasteiger partial charge on any atom is 0.264 e. The van der Waals surface area contributed by atoms with Crippen LogP contribution in [0.3, 0.4) is 0 Å². The minimum atomic E-state index is -4.06. The van der Waals surface area contributed by atoms with Crippen LogP contribution in [0.15, 0.2) is 82.6 Å². The highest BCUT2D eigenvalue weighted by atomic mass is 32.2. The molecule has 0 atom stereocenters. The van der Waals surface area contributed by atoms with Gasteiger partial charge in [0.15, 0.2) is 0 Å². The van der Waals surface area contributed by atoms with E-state index in [0.29, 0.717) is 24.6 Å². The molecule has 0 bridgehead atoms. The maximum atomic E-state index is 13.5. The van der Waals surface area contributed by atoms with Crippen molar-refractivity contribution in [1.29, 1.82) is 0 Å². The van der Waals surface area contributed by atoms with Gasteiger partial charge in [-0.05, 0) is 68.3 Å². The monoisotopic (exact) mass is 601 g/mol. The van der Waals surface area contributed by atoms with Crippen molar-refractivity contribution in [2.45, 2.75) is 36.0 Å². The molecule has 1 saturated heterocycles. The first-order valence-corrected chi connectivity index (χ1v) is 16.2. The number of ether oxygens (including phenoxy) is 2. The number of sulfonamides is 2. The molecule has 10 nitrogen and oxygen atoms in total. The van der Waals surface area contributed by atoms with E-state index in [4.69, 9.17) is 9.47 Å². The van der Waals surface area contributed by atoms with E-state index in [1.54, 1.807) is 48.5 Å². The summed E-state index contributed by atoms with van der Waals surface area (Å²) in [5.74, 6) is 0.391. The molecule has 1 amide bonds. The van der Waals surface area contributed by atoms with Gasteiger partial charge in [-0.1, -0.05) is 30.2 Å². The quantitative estimate of drug-likeness (QED) is 0.315. The van der Waals surface area contributed by atoms with Crippen molar-refractivity contribution in [3.05, 3.63) is 78.4 Å². The maximum absolute atomic E-state index is 13.5. The Bertz CT molecular complexity index is 1540. The second-order valence-corrected chi connectivity index (χ2v) is 13.5. The van der Waals surface area contributed by atoms with E-state index in [2.05, 4.69) is 5.32 Å². The van der Waals surface area contributed by atoms with Gasteiger partial charge >= 0.3 is 0 Å². The lowest BCUT2D eigenvalue weighted by Crippen LogP contribution is -2.41. The summed E-state index contributed by atoms with van der Waals surface area (Å²) in [5.41, 5.74) is 1.20. The normalized spacial score (nSPS) is 14.3. The number of nitrogens with one attached hydrogen (secondary N) is 1. The number of benzene rings is 3. The van der Waals surface area contributed by atoms with E-state index < -0.39 is 32.5 Å². The predicted octanol–water partition coefficient (Wildman–Crippen LogP) is 3.57. The fourth-order valence-electron chi connectivity index (χ4n) is 4.43. The second-order valence-electron chi connectivity index (χ2n) is 9.66. The number of carbonyl (C=O) groups excluding carboxylic acids is 1. The Morgan fingerprint density at radius 3 is 2.20 bits per heavy atom. The van der Waals surface area contributed by atoms with Gasteiger partial charge in [0.05, 0.1) is 29.1 Å². The Hall–Kier alpha value is -3.61. The van der Waals surface area contributed by atoms with Crippen LogP contribution in [-0.2, 0) is 24.8 Å². The smallest absolute Gasteiger partial charge is 0.264 e. The molecule has 0 unspecified atom stereocenters. The third kappa shape index (κ3) is 7.57. The van der Waals surface area contributed by atoms with Gasteiger partial charge in [-0.25, -0.2) is 16.8 Å². The molecule has 12 heteroatoms. The minimum absolute atomic E-state index is 0.0628. The zero-order chi connectivity index (χ0) is 29.5. The molecule has 220 valence electrons. The number of rotatable bonds is 12. The molecule has 0 aliphatic carbocycles. The van der Waals surface area contributed by atoms with Gasteiger partial charge in [0.25, 0.3) is 10.0 Å². The first kappa shape index (κ1) is 30.4. The number of methoxy groups -OCH3 is 1. The summed E-state index contributed by atoms with van der Waals surface area (Å²) in [4.78, 5) is 13.1. The molecule has 4 rings (SSSR count). The summed E-state index contributed by atoms with van der Waals surface area (Å²) in [6.45, 7) is 2.69. The van der Waals surface area contributed by atoms with E-state index in [-0.39, 0.29) is 28.6 Å². The molecule has 1 N–H and O–H groups in total. The van der Waals surface area contributed by atoms with Gasteiger partial charge in [0.2, 0.25) is 15.9 Å². The molecule has 41 heavy (non-hydrogen) atoms. The Morgan fingerprint density at radius 2 is 1.54 bits per heavy atom. The molecule has 0 saturated carbocycles. The molecule has 1 aliphatic heterocycles. The van der Waals surface area contributed by atoms with Gasteiger partial charge in [-0.2, -0.15) is 4.31 Å². The van der Waals surface area contributed by atoms with Crippen molar-refractivity contribution >= 4 is 31.6 Å². The van der Waals surface area contributed by atoms with Gasteiger partial charge in [0.1, 0.15) is 24.7 Å². The number of anilines is 1. The van der Waals surface area contributed by atoms with Crippen LogP contribution >= 0.6 is 0 Å². The SMILES string of the molecule is COc1cccc(N(CC(=O)NCCOc2ccc(S(=O)(=O)N3CCCCC3)cc2)S(=O)(=O)c2ccc(C)cc2)c1. The Labute approximate surface area is 242 Å². The van der Waals surface area contributed by atoms with Gasteiger partial charge in [-0.15, -0.1) is 0 Å². The summed E-state index contributed by atoms with van der Waals surface area (Å²) < 4.78 is 66.2. The molecular weight excluding hydrogens is 566 g/mol. The summed E-state index contributed by atoms with van der Waals surface area (Å²) in [6.07, 6.45) is 2.76. The lowest BCUT2D eigenvalue weighted by molar-refractivity contribution is -0.119. The van der Waals surface area contributed by atoms with Crippen LogP contribution in [0.5, 0.6) is 11.5 Å². The number of amides is 1. The first-order chi connectivity index (χ1) is 19.6. The van der Waals surface area contributed by atoms with Crippen LogP contribution in [0.4, 0.5) is 5.69 Å². The van der Waals surface area contributed by atoms with Gasteiger partial charge in [0, 0.05) is 19.2 Å². The zero-order valence-electron chi connectivity index (χ0n) is 23.2. The zero-order valence-corrected chi connectivity index (χ0v) is 24.8. The third-order valence-corrected chi connectivity index (χ3v) is 10.4. The highest BCUT2D eigenvalue weighted by Gasteiger charge is 2.28. The molecule has 0 radical (unpaired) electrons. The predicted molar refractivity (Wildman–Crippen MR) is 156 cm³/mol. The standard InChI is InChI=1S/C29H35N3O7S2/c1-23-9-13-28(14-10-23)41(36,37)32(24-7-6-8-26(21-24)38-2)22-29(33)30-17-20-39-25-11-15-27(16-12-25)40(34,35)31-18-4-3-5-19-31/h6-16,21H,3-5,17-20,22H2,1-2H3,(H,30,33). The number of hydrogen-bond acceptors (Lipinski definition) is 7. The van der Waals surface area contributed by atoms with Crippen LogP contribution in [0.1, 0.15) is 24.8 Å².